The Balaban J connectivity index is 2.31. The molecule has 2 rings (SSSR count). The number of amides is 1. The molecule has 0 atom stereocenters. The third-order valence-corrected chi connectivity index (χ3v) is 1.97. The zero-order valence-electron chi connectivity index (χ0n) is 8.27. The molecule has 78 valence electrons. The van der Waals surface area contributed by atoms with Crippen LogP contribution in [0.15, 0.2) is 18.2 Å². The molecule has 6 heteroatoms. The van der Waals surface area contributed by atoms with Crippen LogP contribution in [-0.4, -0.2) is 27.0 Å². The van der Waals surface area contributed by atoms with Crippen molar-refractivity contribution >= 4 is 17.5 Å². The van der Waals surface area contributed by atoms with E-state index in [1.54, 1.807) is 4.52 Å². The molecule has 6 nitrogen and oxygen atoms in total. The number of aromatic nitrogens is 3. The molecule has 2 heterocycles. The Morgan fingerprint density at radius 2 is 2.40 bits per heavy atom. The van der Waals surface area contributed by atoms with Gasteiger partial charge in [0.1, 0.15) is 0 Å². The first-order valence-electron chi connectivity index (χ1n) is 4.51. The number of fused-ring (bicyclic) bond motifs is 1. The minimum Gasteiger partial charge on any atom is -0.368 e. The number of anilines is 1. The lowest BCUT2D eigenvalue weighted by Crippen LogP contribution is -2.22. The maximum Gasteiger partial charge on any atom is 0.243 e. The summed E-state index contributed by atoms with van der Waals surface area (Å²) in [7, 11) is 0. The highest BCUT2D eigenvalue weighted by Crippen LogP contribution is 2.07. The van der Waals surface area contributed by atoms with Gasteiger partial charge in [-0.1, -0.05) is 6.07 Å². The lowest BCUT2D eigenvalue weighted by Gasteiger charge is -1.95. The highest BCUT2D eigenvalue weighted by atomic mass is 16.1. The molecule has 0 unspecified atom stereocenters. The lowest BCUT2D eigenvalue weighted by molar-refractivity contribution is -0.116. The number of rotatable bonds is 3. The molecular weight excluding hydrogens is 194 g/mol. The van der Waals surface area contributed by atoms with E-state index in [1.165, 1.54) is 0 Å². The van der Waals surface area contributed by atoms with E-state index in [1.807, 2.05) is 25.1 Å². The second kappa shape index (κ2) is 3.56. The maximum absolute atomic E-state index is 10.6. The summed E-state index contributed by atoms with van der Waals surface area (Å²) in [4.78, 5) is 14.7. The van der Waals surface area contributed by atoms with E-state index >= 15 is 0 Å². The van der Waals surface area contributed by atoms with Gasteiger partial charge in [0.25, 0.3) is 0 Å². The molecule has 2 aromatic heterocycles. The van der Waals surface area contributed by atoms with Gasteiger partial charge in [-0.2, -0.15) is 4.98 Å². The van der Waals surface area contributed by atoms with Crippen molar-refractivity contribution in [2.45, 2.75) is 6.92 Å². The highest BCUT2D eigenvalue weighted by molar-refractivity contribution is 5.78. The molecular formula is C9H11N5O. The summed E-state index contributed by atoms with van der Waals surface area (Å²) in [5.74, 6) is -0.0336. The molecule has 1 amide bonds. The van der Waals surface area contributed by atoms with Crippen molar-refractivity contribution in [1.29, 1.82) is 0 Å². The topological polar surface area (TPSA) is 85.3 Å². The molecule has 0 spiro atoms. The van der Waals surface area contributed by atoms with Gasteiger partial charge in [-0.05, 0) is 19.1 Å². The minimum atomic E-state index is -0.439. The van der Waals surface area contributed by atoms with Crippen LogP contribution in [0, 0.1) is 6.92 Å². The summed E-state index contributed by atoms with van der Waals surface area (Å²) < 4.78 is 1.70. The second-order valence-corrected chi connectivity index (χ2v) is 3.19. The van der Waals surface area contributed by atoms with Gasteiger partial charge in [0.15, 0.2) is 5.65 Å². The van der Waals surface area contributed by atoms with Crippen molar-refractivity contribution in [2.24, 2.45) is 5.73 Å². The molecule has 0 saturated heterocycles. The van der Waals surface area contributed by atoms with Gasteiger partial charge in [-0.25, -0.2) is 4.52 Å². The Kier molecular flexibility index (Phi) is 2.24. The van der Waals surface area contributed by atoms with Crippen LogP contribution in [-0.2, 0) is 4.79 Å². The molecule has 0 aliphatic rings. The quantitative estimate of drug-likeness (QED) is 0.734. The Labute approximate surface area is 86.1 Å². The summed E-state index contributed by atoms with van der Waals surface area (Å²) >= 11 is 0. The van der Waals surface area contributed by atoms with Gasteiger partial charge in [-0.3, -0.25) is 4.79 Å². The monoisotopic (exact) mass is 205 g/mol. The van der Waals surface area contributed by atoms with E-state index in [4.69, 9.17) is 5.73 Å². The molecule has 0 saturated carbocycles. The fourth-order valence-electron chi connectivity index (χ4n) is 1.28. The van der Waals surface area contributed by atoms with E-state index in [0.29, 0.717) is 5.95 Å². The van der Waals surface area contributed by atoms with E-state index in [0.717, 1.165) is 11.3 Å². The number of hydrogen-bond acceptors (Lipinski definition) is 4. The van der Waals surface area contributed by atoms with Gasteiger partial charge in [-0.15, -0.1) is 5.10 Å². The predicted molar refractivity (Wildman–Crippen MR) is 55.4 cm³/mol. The van der Waals surface area contributed by atoms with Crippen molar-refractivity contribution in [3.8, 4) is 0 Å². The summed E-state index contributed by atoms with van der Waals surface area (Å²) in [6.45, 7) is 1.97. The number of carbonyl (C=O) groups excluding carboxylic acids is 1. The highest BCUT2D eigenvalue weighted by Gasteiger charge is 2.04. The average Bonchev–Trinajstić information content (AvgIpc) is 2.59. The first-order chi connectivity index (χ1) is 7.16. The van der Waals surface area contributed by atoms with Crippen molar-refractivity contribution in [3.63, 3.8) is 0 Å². The SMILES string of the molecule is Cc1cccc2nc(NCC(N)=O)nn12. The number of pyridine rings is 1. The van der Waals surface area contributed by atoms with Crippen LogP contribution in [0.5, 0.6) is 0 Å². The average molecular weight is 205 g/mol. The Morgan fingerprint density at radius 3 is 3.07 bits per heavy atom. The van der Waals surface area contributed by atoms with Crippen molar-refractivity contribution in [1.82, 2.24) is 14.6 Å². The molecule has 0 aliphatic carbocycles. The fraction of sp³-hybridized carbons (Fsp3) is 0.222. The maximum atomic E-state index is 10.6. The largest absolute Gasteiger partial charge is 0.368 e. The van der Waals surface area contributed by atoms with Gasteiger partial charge >= 0.3 is 0 Å². The van der Waals surface area contributed by atoms with Gasteiger partial charge in [0, 0.05) is 5.69 Å². The van der Waals surface area contributed by atoms with Crippen LogP contribution in [0.4, 0.5) is 5.95 Å². The van der Waals surface area contributed by atoms with E-state index in [2.05, 4.69) is 15.4 Å². The standard InChI is InChI=1S/C9H11N5O/c1-6-3-2-4-8-12-9(13-14(6)8)11-5-7(10)15/h2-4H,5H2,1H3,(H2,10,15)(H,11,13). The summed E-state index contributed by atoms with van der Waals surface area (Å²) in [6, 6.07) is 5.67. The minimum absolute atomic E-state index is 0.0376. The summed E-state index contributed by atoms with van der Waals surface area (Å²) in [6.07, 6.45) is 0. The van der Waals surface area contributed by atoms with Gasteiger partial charge < -0.3 is 11.1 Å². The number of primary amides is 1. The molecule has 2 aromatic rings. The number of carbonyl (C=O) groups is 1. The number of nitrogens with one attached hydrogen (secondary N) is 1. The van der Waals surface area contributed by atoms with Crippen molar-refractivity contribution in [3.05, 3.63) is 23.9 Å². The third-order valence-electron chi connectivity index (χ3n) is 1.97. The summed E-state index contributed by atoms with van der Waals surface area (Å²) in [5.41, 5.74) is 6.72. The smallest absolute Gasteiger partial charge is 0.243 e. The lowest BCUT2D eigenvalue weighted by atomic mass is 10.4. The van der Waals surface area contributed by atoms with E-state index < -0.39 is 5.91 Å². The molecule has 0 bridgehead atoms. The first-order valence-corrected chi connectivity index (χ1v) is 4.51. The van der Waals surface area contributed by atoms with Gasteiger partial charge in [0.2, 0.25) is 11.9 Å². The summed E-state index contributed by atoms with van der Waals surface area (Å²) in [5, 5.41) is 6.91. The fourth-order valence-corrected chi connectivity index (χ4v) is 1.28. The molecule has 0 aromatic carbocycles. The zero-order chi connectivity index (χ0) is 10.8. The molecule has 3 N–H and O–H groups in total. The van der Waals surface area contributed by atoms with Crippen LogP contribution in [0.2, 0.25) is 0 Å². The Bertz CT molecular complexity index is 504. The molecule has 15 heavy (non-hydrogen) atoms. The number of nitrogens with zero attached hydrogens (tertiary/aromatic N) is 3. The van der Waals surface area contributed by atoms with Crippen LogP contribution in [0.1, 0.15) is 5.69 Å². The van der Waals surface area contributed by atoms with E-state index in [9.17, 15) is 4.79 Å². The van der Waals surface area contributed by atoms with E-state index in [-0.39, 0.29) is 6.54 Å². The van der Waals surface area contributed by atoms with Crippen LogP contribution in [0.25, 0.3) is 5.65 Å². The Hall–Kier alpha value is -2.11. The third kappa shape index (κ3) is 1.88. The first kappa shape index (κ1) is 9.45. The van der Waals surface area contributed by atoms with Crippen LogP contribution in [0.3, 0.4) is 0 Å². The molecule has 0 aliphatic heterocycles. The second-order valence-electron chi connectivity index (χ2n) is 3.19. The molecule has 0 radical (unpaired) electrons. The number of nitrogens with two attached hydrogens (primary N) is 1. The number of aryl methyl sites for hydroxylation is 1. The van der Waals surface area contributed by atoms with Crippen LogP contribution >= 0.6 is 0 Å². The number of hydrogen-bond donors (Lipinski definition) is 2. The van der Waals surface area contributed by atoms with Crippen molar-refractivity contribution in [2.75, 3.05) is 11.9 Å². The van der Waals surface area contributed by atoms with Crippen LogP contribution < -0.4 is 11.1 Å². The Morgan fingerprint density at radius 1 is 1.60 bits per heavy atom. The molecule has 0 fully saturated rings. The zero-order valence-corrected chi connectivity index (χ0v) is 8.27. The normalized spacial score (nSPS) is 10.5. The van der Waals surface area contributed by atoms with Gasteiger partial charge in [0.05, 0.1) is 6.54 Å². The van der Waals surface area contributed by atoms with Crippen molar-refractivity contribution < 1.29 is 4.79 Å². The predicted octanol–water partition coefficient (Wildman–Crippen LogP) is -0.0651.